The van der Waals surface area contributed by atoms with Gasteiger partial charge in [-0.05, 0) is 37.6 Å². The van der Waals surface area contributed by atoms with Gasteiger partial charge >= 0.3 is 0 Å². The van der Waals surface area contributed by atoms with Gasteiger partial charge in [-0.25, -0.2) is 19.9 Å². The third kappa shape index (κ3) is 4.58. The predicted molar refractivity (Wildman–Crippen MR) is 130 cm³/mol. The summed E-state index contributed by atoms with van der Waals surface area (Å²) in [5.41, 5.74) is 9.85. The van der Waals surface area contributed by atoms with Crippen molar-refractivity contribution in [2.24, 2.45) is 5.73 Å². The molecule has 0 saturated carbocycles. The molecule has 0 bridgehead atoms. The van der Waals surface area contributed by atoms with Crippen LogP contribution in [-0.2, 0) is 6.42 Å². The summed E-state index contributed by atoms with van der Waals surface area (Å²) in [6.07, 6.45) is 9.18. The molecule has 0 amide bonds. The van der Waals surface area contributed by atoms with E-state index in [1.165, 1.54) is 5.56 Å². The topological polar surface area (TPSA) is 88.5 Å². The Hall–Kier alpha value is -3.36. The second kappa shape index (κ2) is 9.64. The summed E-state index contributed by atoms with van der Waals surface area (Å²) in [6, 6.07) is 12.4. The number of piperazine rings is 1. The van der Waals surface area contributed by atoms with Crippen LogP contribution in [0, 0.1) is 0 Å². The Kier molecular flexibility index (Phi) is 6.28. The standard InChI is InChI=1S/C25H30N8/c1-31-13-15-32(16-14-31)24-25-29-18-22(33(25)12-11-28-24)21-8-10-27-23(30-21)17-20(7-9-26)19-5-3-2-4-6-19/h2-6,8,10-12,18,20H,7,9,13-17,26H2,1H3. The molecule has 0 radical (unpaired) electrons. The highest BCUT2D eigenvalue weighted by Crippen LogP contribution is 2.26. The first-order valence-corrected chi connectivity index (χ1v) is 11.6. The Balaban J connectivity index is 1.44. The Morgan fingerprint density at radius 3 is 2.58 bits per heavy atom. The number of hydrogen-bond donors (Lipinski definition) is 1. The lowest BCUT2D eigenvalue weighted by Gasteiger charge is -2.33. The van der Waals surface area contributed by atoms with Gasteiger partial charge in [0, 0.05) is 51.2 Å². The van der Waals surface area contributed by atoms with Crippen molar-refractivity contribution in [1.29, 1.82) is 0 Å². The van der Waals surface area contributed by atoms with Crippen LogP contribution in [0.15, 0.2) is 61.2 Å². The number of anilines is 1. The van der Waals surface area contributed by atoms with Crippen molar-refractivity contribution in [1.82, 2.24) is 29.2 Å². The molecule has 1 atom stereocenters. The van der Waals surface area contributed by atoms with Gasteiger partial charge in [-0.2, -0.15) is 0 Å². The van der Waals surface area contributed by atoms with E-state index in [2.05, 4.69) is 55.5 Å². The molecule has 1 aliphatic rings. The highest BCUT2D eigenvalue weighted by Gasteiger charge is 2.20. The van der Waals surface area contributed by atoms with Gasteiger partial charge in [0.1, 0.15) is 5.82 Å². The van der Waals surface area contributed by atoms with Gasteiger partial charge in [0.25, 0.3) is 0 Å². The van der Waals surface area contributed by atoms with Crippen molar-refractivity contribution in [3.05, 3.63) is 72.6 Å². The number of nitrogens with zero attached hydrogens (tertiary/aromatic N) is 7. The summed E-state index contributed by atoms with van der Waals surface area (Å²) in [6.45, 7) is 4.58. The lowest BCUT2D eigenvalue weighted by molar-refractivity contribution is 0.312. The van der Waals surface area contributed by atoms with Gasteiger partial charge in [-0.1, -0.05) is 30.3 Å². The maximum absolute atomic E-state index is 5.91. The molecule has 0 aliphatic carbocycles. The first kappa shape index (κ1) is 21.5. The average Bonchev–Trinajstić information content (AvgIpc) is 3.30. The monoisotopic (exact) mass is 442 g/mol. The first-order chi connectivity index (χ1) is 16.2. The summed E-state index contributed by atoms with van der Waals surface area (Å²) in [4.78, 5) is 23.5. The molecule has 4 heterocycles. The predicted octanol–water partition coefficient (Wildman–Crippen LogP) is 2.61. The van der Waals surface area contributed by atoms with E-state index in [0.29, 0.717) is 12.5 Å². The van der Waals surface area contributed by atoms with Crippen LogP contribution in [0.1, 0.15) is 23.7 Å². The summed E-state index contributed by atoms with van der Waals surface area (Å²) in [5, 5.41) is 0. The smallest absolute Gasteiger partial charge is 0.180 e. The molecule has 1 aromatic carbocycles. The van der Waals surface area contributed by atoms with E-state index in [-0.39, 0.29) is 0 Å². The molecule has 170 valence electrons. The number of imidazole rings is 1. The quantitative estimate of drug-likeness (QED) is 0.471. The number of rotatable bonds is 7. The number of fused-ring (bicyclic) bond motifs is 1. The highest BCUT2D eigenvalue weighted by molar-refractivity contribution is 5.70. The molecule has 0 spiro atoms. The first-order valence-electron chi connectivity index (χ1n) is 11.6. The van der Waals surface area contributed by atoms with Crippen molar-refractivity contribution in [2.75, 3.05) is 44.7 Å². The van der Waals surface area contributed by atoms with E-state index in [1.807, 2.05) is 36.9 Å². The number of benzene rings is 1. The van der Waals surface area contributed by atoms with E-state index in [1.54, 1.807) is 0 Å². The van der Waals surface area contributed by atoms with E-state index in [4.69, 9.17) is 15.7 Å². The molecule has 8 nitrogen and oxygen atoms in total. The minimum Gasteiger partial charge on any atom is -0.351 e. The Morgan fingerprint density at radius 1 is 0.970 bits per heavy atom. The van der Waals surface area contributed by atoms with E-state index < -0.39 is 0 Å². The fourth-order valence-electron chi connectivity index (χ4n) is 4.51. The highest BCUT2D eigenvalue weighted by atomic mass is 15.3. The zero-order valence-corrected chi connectivity index (χ0v) is 19.0. The molecule has 5 rings (SSSR count). The maximum atomic E-state index is 5.91. The molecule has 3 aromatic heterocycles. The van der Waals surface area contributed by atoms with Gasteiger partial charge < -0.3 is 15.5 Å². The summed E-state index contributed by atoms with van der Waals surface area (Å²) in [7, 11) is 2.15. The van der Waals surface area contributed by atoms with Gasteiger partial charge in [-0.3, -0.25) is 4.40 Å². The number of nitrogens with two attached hydrogens (primary N) is 1. The van der Waals surface area contributed by atoms with Crippen molar-refractivity contribution >= 4 is 11.5 Å². The molecule has 8 heteroatoms. The lowest BCUT2D eigenvalue weighted by Crippen LogP contribution is -2.45. The van der Waals surface area contributed by atoms with E-state index in [9.17, 15) is 0 Å². The molecule has 4 aromatic rings. The number of likely N-dealkylation sites (N-methyl/N-ethyl adjacent to an activating group) is 1. The summed E-state index contributed by atoms with van der Waals surface area (Å²) in [5.74, 6) is 2.04. The zero-order chi connectivity index (χ0) is 22.6. The summed E-state index contributed by atoms with van der Waals surface area (Å²) >= 11 is 0. The zero-order valence-electron chi connectivity index (χ0n) is 19.0. The van der Waals surface area contributed by atoms with Gasteiger partial charge in [-0.15, -0.1) is 0 Å². The number of hydrogen-bond acceptors (Lipinski definition) is 7. The molecule has 1 saturated heterocycles. The molecule has 1 fully saturated rings. The second-order valence-corrected chi connectivity index (χ2v) is 8.63. The van der Waals surface area contributed by atoms with Crippen molar-refractivity contribution in [3.8, 4) is 11.4 Å². The van der Waals surface area contributed by atoms with Crippen LogP contribution >= 0.6 is 0 Å². The van der Waals surface area contributed by atoms with Gasteiger partial charge in [0.2, 0.25) is 0 Å². The molecule has 2 N–H and O–H groups in total. The fourth-order valence-corrected chi connectivity index (χ4v) is 4.51. The third-order valence-electron chi connectivity index (χ3n) is 6.40. The minimum atomic E-state index is 0.293. The van der Waals surface area contributed by atoms with Crippen LogP contribution in [0.2, 0.25) is 0 Å². The van der Waals surface area contributed by atoms with Crippen molar-refractivity contribution < 1.29 is 0 Å². The van der Waals surface area contributed by atoms with Gasteiger partial charge in [0.05, 0.1) is 17.6 Å². The molecule has 33 heavy (non-hydrogen) atoms. The normalized spacial score (nSPS) is 15.8. The Bertz CT molecular complexity index is 1200. The van der Waals surface area contributed by atoms with E-state index in [0.717, 1.165) is 67.7 Å². The SMILES string of the molecule is CN1CCN(c2nccn3c(-c4ccnc(CC(CCN)c5ccccc5)n4)cnc23)CC1. The third-order valence-corrected chi connectivity index (χ3v) is 6.40. The molecular formula is C25H30N8. The average molecular weight is 443 g/mol. The van der Waals surface area contributed by atoms with Crippen LogP contribution in [-0.4, -0.2) is 69.0 Å². The van der Waals surface area contributed by atoms with Crippen molar-refractivity contribution in [3.63, 3.8) is 0 Å². The number of aromatic nitrogens is 5. The van der Waals surface area contributed by atoms with Crippen molar-refractivity contribution in [2.45, 2.75) is 18.8 Å². The maximum Gasteiger partial charge on any atom is 0.180 e. The fraction of sp³-hybridized carbons (Fsp3) is 0.360. The molecule has 1 aliphatic heterocycles. The lowest BCUT2D eigenvalue weighted by atomic mass is 9.92. The van der Waals surface area contributed by atoms with Crippen LogP contribution < -0.4 is 10.6 Å². The van der Waals surface area contributed by atoms with Crippen LogP contribution in [0.3, 0.4) is 0 Å². The second-order valence-electron chi connectivity index (χ2n) is 8.63. The minimum absolute atomic E-state index is 0.293. The van der Waals surface area contributed by atoms with Crippen LogP contribution in [0.4, 0.5) is 5.82 Å². The Labute approximate surface area is 194 Å². The Morgan fingerprint density at radius 2 is 1.79 bits per heavy atom. The van der Waals surface area contributed by atoms with Gasteiger partial charge in [0.15, 0.2) is 11.5 Å². The largest absolute Gasteiger partial charge is 0.351 e. The molecular weight excluding hydrogens is 412 g/mol. The van der Waals surface area contributed by atoms with Crippen LogP contribution in [0.25, 0.3) is 17.0 Å². The molecule has 1 unspecified atom stereocenters. The van der Waals surface area contributed by atoms with E-state index >= 15 is 0 Å². The summed E-state index contributed by atoms with van der Waals surface area (Å²) < 4.78 is 2.08. The van der Waals surface area contributed by atoms with Crippen LogP contribution in [0.5, 0.6) is 0 Å².